The molecule has 212 valence electrons. The maximum atomic E-state index is 14.0. The summed E-state index contributed by atoms with van der Waals surface area (Å²) in [5.74, 6) is -0.681. The number of halogens is 1. The van der Waals surface area contributed by atoms with Crippen molar-refractivity contribution in [1.82, 2.24) is 10.2 Å². The number of nitrogens with zero attached hydrogens (tertiary/aromatic N) is 2. The molecule has 1 aliphatic rings. The molecule has 0 spiro atoms. The summed E-state index contributed by atoms with van der Waals surface area (Å²) in [5, 5.41) is 3.50. The standard InChI is InChI=1S/C31H36ClN3O4S/c1-23-9-8-14-28(21-23)35(40(38,39)29-17-15-26(32)16-18-29)22-30(36)34(20-19-25-10-4-3-5-11-25)24(2)31(37)33-27-12-6-7-13-27/h3-5,8-11,14-18,21,24,27H,6-7,12-13,19-20,22H2,1-2H3,(H,33,37). The fourth-order valence-electron chi connectivity index (χ4n) is 5.01. The van der Waals surface area contributed by atoms with Crippen LogP contribution in [0.4, 0.5) is 5.69 Å². The van der Waals surface area contributed by atoms with Gasteiger partial charge in [0.2, 0.25) is 11.8 Å². The van der Waals surface area contributed by atoms with E-state index in [1.54, 1.807) is 25.1 Å². The Labute approximate surface area is 242 Å². The first-order valence-electron chi connectivity index (χ1n) is 13.6. The molecule has 1 atom stereocenters. The number of carbonyl (C=O) groups excluding carboxylic acids is 2. The van der Waals surface area contributed by atoms with Gasteiger partial charge in [-0.1, -0.05) is 66.9 Å². The van der Waals surface area contributed by atoms with Crippen LogP contribution in [0, 0.1) is 6.92 Å². The molecule has 1 N–H and O–H groups in total. The monoisotopic (exact) mass is 581 g/mol. The van der Waals surface area contributed by atoms with Crippen molar-refractivity contribution in [3.05, 3.63) is 95.0 Å². The van der Waals surface area contributed by atoms with Gasteiger partial charge in [0.1, 0.15) is 12.6 Å². The first-order chi connectivity index (χ1) is 19.1. The van der Waals surface area contributed by atoms with Gasteiger partial charge in [0.25, 0.3) is 10.0 Å². The number of aryl methyl sites for hydroxylation is 1. The van der Waals surface area contributed by atoms with Crippen LogP contribution in [-0.2, 0) is 26.0 Å². The molecule has 1 aliphatic carbocycles. The van der Waals surface area contributed by atoms with Crippen LogP contribution in [0.3, 0.4) is 0 Å². The van der Waals surface area contributed by atoms with E-state index in [0.29, 0.717) is 17.1 Å². The molecule has 1 saturated carbocycles. The van der Waals surface area contributed by atoms with E-state index in [1.165, 1.54) is 29.2 Å². The fourth-order valence-corrected chi connectivity index (χ4v) is 6.54. The summed E-state index contributed by atoms with van der Waals surface area (Å²) >= 11 is 6.01. The number of carbonyl (C=O) groups is 2. The normalized spacial score (nSPS) is 14.5. The van der Waals surface area contributed by atoms with Crippen LogP contribution in [0.2, 0.25) is 5.02 Å². The van der Waals surface area contributed by atoms with E-state index in [0.717, 1.165) is 41.1 Å². The lowest BCUT2D eigenvalue weighted by Gasteiger charge is -2.32. The minimum absolute atomic E-state index is 0.0223. The summed E-state index contributed by atoms with van der Waals surface area (Å²) < 4.78 is 28.8. The van der Waals surface area contributed by atoms with Gasteiger partial charge in [-0.05, 0) is 80.6 Å². The molecule has 1 fully saturated rings. The van der Waals surface area contributed by atoms with E-state index < -0.39 is 28.5 Å². The molecule has 0 saturated heterocycles. The Hall–Kier alpha value is -3.36. The highest BCUT2D eigenvalue weighted by Gasteiger charge is 2.33. The predicted octanol–water partition coefficient (Wildman–Crippen LogP) is 5.36. The van der Waals surface area contributed by atoms with Crippen molar-refractivity contribution in [3.8, 4) is 0 Å². The molecule has 40 heavy (non-hydrogen) atoms. The van der Waals surface area contributed by atoms with Crippen molar-refractivity contribution in [3.63, 3.8) is 0 Å². The second-order valence-electron chi connectivity index (χ2n) is 10.3. The number of anilines is 1. The Balaban J connectivity index is 1.64. The highest BCUT2D eigenvalue weighted by atomic mass is 35.5. The van der Waals surface area contributed by atoms with Gasteiger partial charge in [-0.15, -0.1) is 0 Å². The lowest BCUT2D eigenvalue weighted by atomic mass is 10.1. The summed E-state index contributed by atoms with van der Waals surface area (Å²) in [5.41, 5.74) is 2.24. The van der Waals surface area contributed by atoms with Gasteiger partial charge in [0, 0.05) is 17.6 Å². The minimum Gasteiger partial charge on any atom is -0.352 e. The van der Waals surface area contributed by atoms with Gasteiger partial charge in [0.05, 0.1) is 10.6 Å². The van der Waals surface area contributed by atoms with E-state index in [9.17, 15) is 18.0 Å². The Bertz CT molecular complexity index is 1410. The summed E-state index contributed by atoms with van der Waals surface area (Å²) in [6.45, 7) is 3.38. The van der Waals surface area contributed by atoms with Crippen LogP contribution >= 0.6 is 11.6 Å². The Kier molecular flexibility index (Phi) is 9.87. The Morgan fingerprint density at radius 3 is 2.30 bits per heavy atom. The van der Waals surface area contributed by atoms with Crippen LogP contribution in [0.1, 0.15) is 43.7 Å². The molecule has 7 nitrogen and oxygen atoms in total. The van der Waals surface area contributed by atoms with Crippen LogP contribution in [0.25, 0.3) is 0 Å². The van der Waals surface area contributed by atoms with E-state index >= 15 is 0 Å². The van der Waals surface area contributed by atoms with Gasteiger partial charge < -0.3 is 10.2 Å². The molecule has 0 heterocycles. The molecule has 0 aromatic heterocycles. The number of sulfonamides is 1. The largest absolute Gasteiger partial charge is 0.352 e. The third kappa shape index (κ3) is 7.43. The van der Waals surface area contributed by atoms with Crippen molar-refractivity contribution in [2.75, 3.05) is 17.4 Å². The first-order valence-corrected chi connectivity index (χ1v) is 15.5. The summed E-state index contributed by atoms with van der Waals surface area (Å²) in [6, 6.07) is 21.9. The van der Waals surface area contributed by atoms with Crippen molar-refractivity contribution in [2.24, 2.45) is 0 Å². The highest BCUT2D eigenvalue weighted by Crippen LogP contribution is 2.26. The Morgan fingerprint density at radius 2 is 1.65 bits per heavy atom. The summed E-state index contributed by atoms with van der Waals surface area (Å²) in [6.07, 6.45) is 4.53. The van der Waals surface area contributed by atoms with Gasteiger partial charge >= 0.3 is 0 Å². The zero-order valence-corrected chi connectivity index (χ0v) is 24.5. The SMILES string of the molecule is Cc1cccc(N(CC(=O)N(CCc2ccccc2)C(C)C(=O)NC2CCCC2)S(=O)(=O)c2ccc(Cl)cc2)c1. The van der Waals surface area contributed by atoms with E-state index in [2.05, 4.69) is 5.32 Å². The summed E-state index contributed by atoms with van der Waals surface area (Å²) in [7, 11) is -4.12. The van der Waals surface area contributed by atoms with Crippen LogP contribution in [-0.4, -0.2) is 50.3 Å². The molecule has 1 unspecified atom stereocenters. The second-order valence-corrected chi connectivity index (χ2v) is 12.6. The van der Waals surface area contributed by atoms with Gasteiger partial charge in [-0.2, -0.15) is 0 Å². The van der Waals surface area contributed by atoms with Crippen molar-refractivity contribution in [1.29, 1.82) is 0 Å². The number of hydrogen-bond donors (Lipinski definition) is 1. The van der Waals surface area contributed by atoms with E-state index in [4.69, 9.17) is 11.6 Å². The summed E-state index contributed by atoms with van der Waals surface area (Å²) in [4.78, 5) is 28.7. The predicted molar refractivity (Wildman–Crippen MR) is 159 cm³/mol. The third-order valence-corrected chi connectivity index (χ3v) is 9.36. The molecule has 0 radical (unpaired) electrons. The van der Waals surface area contributed by atoms with Gasteiger partial charge in [-0.3, -0.25) is 13.9 Å². The van der Waals surface area contributed by atoms with Gasteiger partial charge in [0.15, 0.2) is 0 Å². The van der Waals surface area contributed by atoms with E-state index in [-0.39, 0.29) is 23.4 Å². The first kappa shape index (κ1) is 29.6. The average Bonchev–Trinajstić information content (AvgIpc) is 3.45. The quantitative estimate of drug-likeness (QED) is 0.330. The number of benzene rings is 3. The number of rotatable bonds is 11. The zero-order valence-electron chi connectivity index (χ0n) is 22.9. The molecular formula is C31H36ClN3O4S. The molecular weight excluding hydrogens is 546 g/mol. The number of amides is 2. The zero-order chi connectivity index (χ0) is 28.7. The third-order valence-electron chi connectivity index (χ3n) is 7.32. The topological polar surface area (TPSA) is 86.8 Å². The molecule has 3 aromatic rings. The smallest absolute Gasteiger partial charge is 0.264 e. The lowest BCUT2D eigenvalue weighted by Crippen LogP contribution is -2.53. The molecule has 0 aliphatic heterocycles. The van der Waals surface area contributed by atoms with Gasteiger partial charge in [-0.25, -0.2) is 8.42 Å². The maximum absolute atomic E-state index is 14.0. The highest BCUT2D eigenvalue weighted by molar-refractivity contribution is 7.92. The molecule has 3 aromatic carbocycles. The van der Waals surface area contributed by atoms with Crippen molar-refractivity contribution in [2.45, 2.75) is 62.9 Å². The number of hydrogen-bond acceptors (Lipinski definition) is 4. The van der Waals surface area contributed by atoms with Crippen molar-refractivity contribution >= 4 is 39.1 Å². The molecule has 0 bridgehead atoms. The molecule has 4 rings (SSSR count). The average molecular weight is 582 g/mol. The fraction of sp³-hybridized carbons (Fsp3) is 0.355. The molecule has 9 heteroatoms. The van der Waals surface area contributed by atoms with E-state index in [1.807, 2.05) is 43.3 Å². The second kappa shape index (κ2) is 13.3. The van der Waals surface area contributed by atoms with Crippen LogP contribution in [0.5, 0.6) is 0 Å². The minimum atomic E-state index is -4.12. The van der Waals surface area contributed by atoms with Crippen molar-refractivity contribution < 1.29 is 18.0 Å². The molecule has 2 amide bonds. The maximum Gasteiger partial charge on any atom is 0.264 e. The van der Waals surface area contributed by atoms with Crippen LogP contribution < -0.4 is 9.62 Å². The number of nitrogens with one attached hydrogen (secondary N) is 1. The lowest BCUT2D eigenvalue weighted by molar-refractivity contribution is -0.139. The van der Waals surface area contributed by atoms with Crippen LogP contribution in [0.15, 0.2) is 83.8 Å². The Morgan fingerprint density at radius 1 is 0.975 bits per heavy atom.